The molecule has 196 valence electrons. The third kappa shape index (κ3) is 7.81. The number of carbonyl (C=O) groups excluding carboxylic acids is 2. The SMILES string of the molecule is CC(C)(CF)NS(=O)(=O)c1ccc(NC(=O)[C@H](CC2CCOCC2)NC(=O)c2ccc(F)cc2)cc1. The Hall–Kier alpha value is -2.89. The Morgan fingerprint density at radius 3 is 2.25 bits per heavy atom. The van der Waals surface area contributed by atoms with Crippen LogP contribution >= 0.6 is 0 Å². The molecule has 1 heterocycles. The highest BCUT2D eigenvalue weighted by Gasteiger charge is 2.28. The van der Waals surface area contributed by atoms with Gasteiger partial charge < -0.3 is 15.4 Å². The summed E-state index contributed by atoms with van der Waals surface area (Å²) in [6.07, 6.45) is 1.90. The van der Waals surface area contributed by atoms with Crippen molar-refractivity contribution in [3.05, 3.63) is 59.9 Å². The van der Waals surface area contributed by atoms with Crippen molar-refractivity contribution in [2.24, 2.45) is 5.92 Å². The van der Waals surface area contributed by atoms with Crippen LogP contribution in [0.15, 0.2) is 53.4 Å². The first kappa shape index (κ1) is 27.7. The van der Waals surface area contributed by atoms with Crippen molar-refractivity contribution in [1.29, 1.82) is 0 Å². The fraction of sp³-hybridized carbons (Fsp3) is 0.440. The van der Waals surface area contributed by atoms with Gasteiger partial charge in [0, 0.05) is 24.5 Å². The predicted octanol–water partition coefficient (Wildman–Crippen LogP) is 3.41. The molecule has 0 aromatic heterocycles. The van der Waals surface area contributed by atoms with Gasteiger partial charge in [-0.15, -0.1) is 0 Å². The molecule has 1 aliphatic heterocycles. The van der Waals surface area contributed by atoms with Gasteiger partial charge in [-0.3, -0.25) is 9.59 Å². The number of anilines is 1. The number of rotatable bonds is 10. The standard InChI is InChI=1S/C25H31F2N3O5S/c1-25(2,16-26)30-36(33,34)21-9-7-20(8-10-21)28-24(32)22(15-17-11-13-35-14-12-17)29-23(31)18-3-5-19(27)6-4-18/h3-10,17,22,30H,11-16H2,1-2H3,(H,28,32)(H,29,31)/t22-/m0/s1. The Labute approximate surface area is 209 Å². The zero-order chi connectivity index (χ0) is 26.3. The van der Waals surface area contributed by atoms with Crippen LogP contribution in [0.4, 0.5) is 14.5 Å². The van der Waals surface area contributed by atoms with E-state index in [0.29, 0.717) is 25.3 Å². The van der Waals surface area contributed by atoms with Gasteiger partial charge in [0.05, 0.1) is 10.4 Å². The molecule has 0 radical (unpaired) electrons. The maximum Gasteiger partial charge on any atom is 0.251 e. The molecule has 0 spiro atoms. The number of halogens is 2. The van der Waals surface area contributed by atoms with Crippen LogP contribution in [0.5, 0.6) is 0 Å². The molecule has 1 fully saturated rings. The summed E-state index contributed by atoms with van der Waals surface area (Å²) in [4.78, 5) is 25.8. The molecule has 0 bridgehead atoms. The highest BCUT2D eigenvalue weighted by Crippen LogP contribution is 2.22. The Balaban J connectivity index is 1.72. The molecule has 8 nitrogen and oxygen atoms in total. The van der Waals surface area contributed by atoms with Crippen molar-refractivity contribution in [2.45, 2.75) is 49.6 Å². The number of amides is 2. The minimum absolute atomic E-state index is 0.0783. The number of hydrogen-bond donors (Lipinski definition) is 3. The minimum atomic E-state index is -3.96. The first-order valence-electron chi connectivity index (χ1n) is 11.6. The van der Waals surface area contributed by atoms with Crippen LogP contribution < -0.4 is 15.4 Å². The van der Waals surface area contributed by atoms with E-state index in [4.69, 9.17) is 4.74 Å². The second-order valence-corrected chi connectivity index (χ2v) is 11.1. The van der Waals surface area contributed by atoms with Crippen molar-refractivity contribution in [1.82, 2.24) is 10.0 Å². The van der Waals surface area contributed by atoms with Crippen LogP contribution in [0.2, 0.25) is 0 Å². The van der Waals surface area contributed by atoms with E-state index in [1.807, 2.05) is 0 Å². The monoisotopic (exact) mass is 523 g/mol. The number of carbonyl (C=O) groups is 2. The lowest BCUT2D eigenvalue weighted by Crippen LogP contribution is -2.45. The van der Waals surface area contributed by atoms with E-state index in [-0.39, 0.29) is 16.4 Å². The topological polar surface area (TPSA) is 114 Å². The molecular formula is C25H31F2N3O5S. The largest absolute Gasteiger partial charge is 0.381 e. The second-order valence-electron chi connectivity index (χ2n) is 9.46. The molecule has 3 N–H and O–H groups in total. The summed E-state index contributed by atoms with van der Waals surface area (Å²) in [5.74, 6) is -1.29. The molecule has 1 atom stereocenters. The Bertz CT molecular complexity index is 1150. The number of ether oxygens (including phenoxy) is 1. The first-order valence-corrected chi connectivity index (χ1v) is 13.1. The van der Waals surface area contributed by atoms with E-state index in [1.54, 1.807) is 0 Å². The summed E-state index contributed by atoms with van der Waals surface area (Å²) in [6, 6.07) is 9.58. The molecule has 1 saturated heterocycles. The van der Waals surface area contributed by atoms with E-state index < -0.39 is 45.9 Å². The summed E-state index contributed by atoms with van der Waals surface area (Å²) in [6.45, 7) is 3.14. The normalized spacial score (nSPS) is 15.8. The minimum Gasteiger partial charge on any atom is -0.381 e. The summed E-state index contributed by atoms with van der Waals surface area (Å²) in [7, 11) is -3.96. The van der Waals surface area contributed by atoms with Crippen molar-refractivity contribution < 1.29 is 31.5 Å². The zero-order valence-electron chi connectivity index (χ0n) is 20.2. The van der Waals surface area contributed by atoms with E-state index in [1.165, 1.54) is 62.4 Å². The number of nitrogens with one attached hydrogen (secondary N) is 3. The number of benzene rings is 2. The molecule has 2 aromatic rings. The van der Waals surface area contributed by atoms with Gasteiger partial charge >= 0.3 is 0 Å². The average Bonchev–Trinajstić information content (AvgIpc) is 2.84. The lowest BCUT2D eigenvalue weighted by molar-refractivity contribution is -0.118. The van der Waals surface area contributed by atoms with Gasteiger partial charge in [0.1, 0.15) is 18.5 Å². The van der Waals surface area contributed by atoms with E-state index in [2.05, 4.69) is 15.4 Å². The maximum absolute atomic E-state index is 13.2. The Morgan fingerprint density at radius 1 is 1.06 bits per heavy atom. The fourth-order valence-corrected chi connectivity index (χ4v) is 5.18. The maximum atomic E-state index is 13.2. The van der Waals surface area contributed by atoms with Crippen molar-refractivity contribution >= 4 is 27.5 Å². The van der Waals surface area contributed by atoms with Gasteiger partial charge in [0.15, 0.2) is 0 Å². The highest BCUT2D eigenvalue weighted by atomic mass is 32.2. The molecule has 0 unspecified atom stereocenters. The lowest BCUT2D eigenvalue weighted by atomic mass is 9.92. The number of alkyl halides is 1. The highest BCUT2D eigenvalue weighted by molar-refractivity contribution is 7.89. The van der Waals surface area contributed by atoms with Crippen LogP contribution in [0.1, 0.15) is 43.5 Å². The summed E-state index contributed by atoms with van der Waals surface area (Å²) >= 11 is 0. The number of sulfonamides is 1. The molecule has 36 heavy (non-hydrogen) atoms. The summed E-state index contributed by atoms with van der Waals surface area (Å²) in [5, 5.41) is 5.45. The quantitative estimate of drug-likeness (QED) is 0.442. The molecule has 11 heteroatoms. The van der Waals surface area contributed by atoms with E-state index in [0.717, 1.165) is 12.8 Å². The van der Waals surface area contributed by atoms with Gasteiger partial charge in [-0.25, -0.2) is 21.9 Å². The molecule has 2 aromatic carbocycles. The van der Waals surface area contributed by atoms with Gasteiger partial charge in [0.25, 0.3) is 5.91 Å². The molecule has 2 amide bonds. The first-order chi connectivity index (χ1) is 17.0. The van der Waals surface area contributed by atoms with E-state index in [9.17, 15) is 26.8 Å². The van der Waals surface area contributed by atoms with E-state index >= 15 is 0 Å². The van der Waals surface area contributed by atoms with Crippen LogP contribution in [-0.4, -0.2) is 51.7 Å². The van der Waals surface area contributed by atoms with Crippen molar-refractivity contribution in [3.63, 3.8) is 0 Å². The Kier molecular flexibility index (Phi) is 9.15. The van der Waals surface area contributed by atoms with Crippen LogP contribution in [0, 0.1) is 11.7 Å². The summed E-state index contributed by atoms with van der Waals surface area (Å²) < 4.78 is 59.0. The molecule has 0 saturated carbocycles. The smallest absolute Gasteiger partial charge is 0.251 e. The third-order valence-electron chi connectivity index (χ3n) is 5.82. The van der Waals surface area contributed by atoms with Gasteiger partial charge in [0.2, 0.25) is 15.9 Å². The van der Waals surface area contributed by atoms with Crippen LogP contribution in [-0.2, 0) is 19.6 Å². The molecule has 1 aliphatic rings. The van der Waals surface area contributed by atoms with Gasteiger partial charge in [-0.2, -0.15) is 0 Å². The molecule has 3 rings (SSSR count). The summed E-state index contributed by atoms with van der Waals surface area (Å²) in [5.41, 5.74) is -0.706. The predicted molar refractivity (Wildman–Crippen MR) is 131 cm³/mol. The second kappa shape index (κ2) is 11.9. The van der Waals surface area contributed by atoms with Gasteiger partial charge in [-0.1, -0.05) is 0 Å². The van der Waals surface area contributed by atoms with Crippen LogP contribution in [0.3, 0.4) is 0 Å². The lowest BCUT2D eigenvalue weighted by Gasteiger charge is -2.27. The van der Waals surface area contributed by atoms with Gasteiger partial charge in [-0.05, 0) is 87.6 Å². The Morgan fingerprint density at radius 2 is 1.67 bits per heavy atom. The average molecular weight is 524 g/mol. The fourth-order valence-electron chi connectivity index (χ4n) is 3.79. The van der Waals surface area contributed by atoms with Crippen LogP contribution in [0.25, 0.3) is 0 Å². The number of hydrogen-bond acceptors (Lipinski definition) is 5. The third-order valence-corrected chi connectivity index (χ3v) is 7.53. The van der Waals surface area contributed by atoms with Crippen molar-refractivity contribution in [3.8, 4) is 0 Å². The zero-order valence-corrected chi connectivity index (χ0v) is 21.0. The van der Waals surface area contributed by atoms with Crippen molar-refractivity contribution in [2.75, 3.05) is 25.2 Å². The molecule has 0 aliphatic carbocycles. The molecular weight excluding hydrogens is 492 g/mol.